The van der Waals surface area contributed by atoms with Gasteiger partial charge in [-0.05, 0) is 12.8 Å². The molecule has 2 unspecified atom stereocenters. The van der Waals surface area contributed by atoms with Crippen LogP contribution in [0.5, 0.6) is 0 Å². The van der Waals surface area contributed by atoms with E-state index in [9.17, 15) is 0 Å². The van der Waals surface area contributed by atoms with Crippen molar-refractivity contribution in [2.24, 2.45) is 0 Å². The third-order valence-electron chi connectivity index (χ3n) is 3.76. The number of hydrogen-bond donors (Lipinski definition) is 3. The molecule has 0 aliphatic carbocycles. The molecule has 0 aromatic carbocycles. The lowest BCUT2D eigenvalue weighted by Crippen LogP contribution is -2.42. The standard InChI is InChI=1S/C9H20O5Si.C7H14O2.3CH4O/c1-10-15(11-2,12-3)6-4-5-13-7-9-8-14-9;1-2-3-4-8-5-7-6-9-7;3*1-2/h9H,4-8H2,1-3H3;7H,2-6H2,1H3;3*2H,1H3. The van der Waals surface area contributed by atoms with Crippen molar-refractivity contribution in [2.45, 2.75) is 44.4 Å². The Morgan fingerprint density at radius 3 is 1.40 bits per heavy atom. The molecule has 10 nitrogen and oxygen atoms in total. The SMILES string of the molecule is CCCCOCC1CO1.CO.CO.CO.CO[Si](CCCOCC1CO1)(OC)OC. The van der Waals surface area contributed by atoms with E-state index in [2.05, 4.69) is 6.92 Å². The van der Waals surface area contributed by atoms with E-state index in [1.165, 1.54) is 12.8 Å². The summed E-state index contributed by atoms with van der Waals surface area (Å²) in [4.78, 5) is 0. The molecule has 0 aromatic rings. The third kappa shape index (κ3) is 22.5. The maximum absolute atomic E-state index is 7.00. The molecule has 2 aliphatic rings. The molecule has 2 rings (SSSR count). The van der Waals surface area contributed by atoms with E-state index in [1.54, 1.807) is 21.3 Å². The summed E-state index contributed by atoms with van der Waals surface area (Å²) in [7, 11) is 5.48. The zero-order valence-electron chi connectivity index (χ0n) is 19.9. The summed E-state index contributed by atoms with van der Waals surface area (Å²) in [6, 6.07) is 0.780. The molecule has 0 amide bonds. The van der Waals surface area contributed by atoms with Gasteiger partial charge in [-0.15, -0.1) is 0 Å². The van der Waals surface area contributed by atoms with Gasteiger partial charge in [-0.25, -0.2) is 0 Å². The second-order valence-corrected chi connectivity index (χ2v) is 8.90. The van der Waals surface area contributed by atoms with Crippen LogP contribution in [-0.4, -0.2) is 119 Å². The largest absolute Gasteiger partial charge is 0.500 e. The second kappa shape index (κ2) is 26.9. The van der Waals surface area contributed by atoms with Crippen LogP contribution in [0.1, 0.15) is 26.2 Å². The van der Waals surface area contributed by atoms with Crippen LogP contribution >= 0.6 is 0 Å². The Hall–Kier alpha value is -0.183. The summed E-state index contributed by atoms with van der Waals surface area (Å²) >= 11 is 0. The van der Waals surface area contributed by atoms with Crippen LogP contribution in [0.25, 0.3) is 0 Å². The molecule has 0 aromatic heterocycles. The summed E-state index contributed by atoms with van der Waals surface area (Å²) in [5, 5.41) is 21.0. The maximum atomic E-state index is 7.00. The van der Waals surface area contributed by atoms with Crippen molar-refractivity contribution in [2.75, 3.05) is 82.3 Å². The van der Waals surface area contributed by atoms with E-state index in [4.69, 9.17) is 47.5 Å². The fraction of sp³-hybridized carbons (Fsp3) is 1.00. The molecular weight excluding hydrogens is 416 g/mol. The molecule has 186 valence electrons. The van der Waals surface area contributed by atoms with Gasteiger partial charge in [-0.3, -0.25) is 0 Å². The monoisotopic (exact) mass is 462 g/mol. The zero-order chi connectivity index (χ0) is 23.7. The maximum Gasteiger partial charge on any atom is 0.500 e. The van der Waals surface area contributed by atoms with Crippen LogP contribution in [0.2, 0.25) is 6.04 Å². The number of rotatable bonds is 14. The summed E-state index contributed by atoms with van der Waals surface area (Å²) in [5.41, 5.74) is 0. The van der Waals surface area contributed by atoms with Crippen LogP contribution in [0, 0.1) is 0 Å². The predicted molar refractivity (Wildman–Crippen MR) is 117 cm³/mol. The number of hydrogen-bond acceptors (Lipinski definition) is 10. The predicted octanol–water partition coefficient (Wildman–Crippen LogP) is 0.697. The molecule has 2 atom stereocenters. The van der Waals surface area contributed by atoms with Crippen molar-refractivity contribution in [3.63, 3.8) is 0 Å². The number of unbranched alkanes of at least 4 members (excludes halogenated alkanes) is 1. The minimum absolute atomic E-state index is 0.333. The smallest absolute Gasteiger partial charge is 0.400 e. The van der Waals surface area contributed by atoms with Crippen molar-refractivity contribution in [3.8, 4) is 0 Å². The topological polar surface area (TPSA) is 132 Å². The van der Waals surface area contributed by atoms with Gasteiger partial charge in [0.25, 0.3) is 0 Å². The first kappa shape index (κ1) is 34.4. The third-order valence-corrected chi connectivity index (χ3v) is 6.59. The van der Waals surface area contributed by atoms with Gasteiger partial charge < -0.3 is 47.5 Å². The molecule has 2 saturated heterocycles. The zero-order valence-corrected chi connectivity index (χ0v) is 20.9. The quantitative estimate of drug-likeness (QED) is 0.192. The van der Waals surface area contributed by atoms with Gasteiger partial charge in [-0.2, -0.15) is 0 Å². The highest BCUT2D eigenvalue weighted by molar-refractivity contribution is 6.60. The van der Waals surface area contributed by atoms with Crippen molar-refractivity contribution in [3.05, 3.63) is 0 Å². The minimum atomic E-state index is -2.39. The van der Waals surface area contributed by atoms with Crippen LogP contribution in [-0.2, 0) is 32.2 Å². The average Bonchev–Trinajstić information content (AvgIpc) is 3.75. The number of ether oxygens (including phenoxy) is 4. The van der Waals surface area contributed by atoms with Crippen molar-refractivity contribution in [1.82, 2.24) is 0 Å². The molecular formula is C19H46O10Si. The number of aliphatic hydroxyl groups excluding tert-OH is 3. The summed E-state index contributed by atoms with van der Waals surface area (Å²) in [5.74, 6) is 0. The number of epoxide rings is 2. The Balaban J connectivity index is -0.000000415. The molecule has 0 bridgehead atoms. The first-order valence-electron chi connectivity index (χ1n) is 10.1. The first-order valence-corrected chi connectivity index (χ1v) is 12.0. The lowest BCUT2D eigenvalue weighted by atomic mass is 10.4. The number of aliphatic hydroxyl groups is 3. The highest BCUT2D eigenvalue weighted by Gasteiger charge is 2.36. The fourth-order valence-corrected chi connectivity index (χ4v) is 3.64. The van der Waals surface area contributed by atoms with E-state index >= 15 is 0 Å². The highest BCUT2D eigenvalue weighted by atomic mass is 28.4. The molecule has 2 heterocycles. The van der Waals surface area contributed by atoms with Gasteiger partial charge in [0.2, 0.25) is 0 Å². The molecule has 30 heavy (non-hydrogen) atoms. The van der Waals surface area contributed by atoms with E-state index in [0.717, 1.165) is 60.2 Å². The summed E-state index contributed by atoms with van der Waals surface area (Å²) < 4.78 is 36.6. The van der Waals surface area contributed by atoms with Gasteiger partial charge >= 0.3 is 8.80 Å². The summed E-state index contributed by atoms with van der Waals surface area (Å²) in [6.07, 6.45) is 4.04. The van der Waals surface area contributed by atoms with Gasteiger partial charge in [0.05, 0.1) is 26.4 Å². The van der Waals surface area contributed by atoms with Crippen molar-refractivity contribution >= 4 is 8.80 Å². The lowest BCUT2D eigenvalue weighted by molar-refractivity contribution is 0.100. The molecule has 0 radical (unpaired) electrons. The normalized spacial score (nSPS) is 18.2. The van der Waals surface area contributed by atoms with Crippen LogP contribution in [0.3, 0.4) is 0 Å². The Bertz CT molecular complexity index is 293. The highest BCUT2D eigenvalue weighted by Crippen LogP contribution is 2.15. The van der Waals surface area contributed by atoms with E-state index in [0.29, 0.717) is 25.4 Å². The van der Waals surface area contributed by atoms with Crippen LogP contribution in [0.4, 0.5) is 0 Å². The van der Waals surface area contributed by atoms with Crippen LogP contribution in [0.15, 0.2) is 0 Å². The van der Waals surface area contributed by atoms with Crippen LogP contribution < -0.4 is 0 Å². The molecule has 3 N–H and O–H groups in total. The minimum Gasteiger partial charge on any atom is -0.400 e. The molecule has 2 aliphatic heterocycles. The Labute approximate surface area is 183 Å². The van der Waals surface area contributed by atoms with Gasteiger partial charge in [0.1, 0.15) is 12.2 Å². The Kier molecular flexibility index (Phi) is 30.8. The molecule has 2 fully saturated rings. The van der Waals surface area contributed by atoms with E-state index < -0.39 is 8.80 Å². The first-order chi connectivity index (χ1) is 14.7. The van der Waals surface area contributed by atoms with Gasteiger partial charge in [0.15, 0.2) is 0 Å². The second-order valence-electron chi connectivity index (χ2n) is 5.81. The fourth-order valence-electron chi connectivity index (χ4n) is 1.95. The van der Waals surface area contributed by atoms with Gasteiger partial charge in [-0.1, -0.05) is 13.3 Å². The van der Waals surface area contributed by atoms with Gasteiger partial charge in [0, 0.05) is 61.9 Å². The van der Waals surface area contributed by atoms with Crippen molar-refractivity contribution < 1.29 is 47.5 Å². The van der Waals surface area contributed by atoms with Crippen molar-refractivity contribution in [1.29, 1.82) is 0 Å². The Morgan fingerprint density at radius 2 is 1.10 bits per heavy atom. The molecule has 0 saturated carbocycles. The van der Waals surface area contributed by atoms with E-state index in [1.807, 2.05) is 0 Å². The average molecular weight is 463 g/mol. The summed E-state index contributed by atoms with van der Waals surface area (Å²) in [6.45, 7) is 7.01. The molecule has 0 spiro atoms. The Morgan fingerprint density at radius 1 is 0.733 bits per heavy atom. The molecule has 11 heteroatoms. The lowest BCUT2D eigenvalue weighted by Gasteiger charge is -2.24. The van der Waals surface area contributed by atoms with E-state index in [-0.39, 0.29) is 0 Å².